The molecule has 1 aliphatic heterocycles. The Hall–Kier alpha value is -7.16. The molecule has 11 rings (SSSR count). The largest absolute Gasteiger partial charge is 0.457 e. The third kappa shape index (κ3) is 4.75. The molecule has 2 heteroatoms. The molecular formula is C53H35NO. The molecule has 1 aliphatic carbocycles. The van der Waals surface area contributed by atoms with E-state index in [-0.39, 0.29) is 0 Å². The molecule has 0 fully saturated rings. The molecule has 0 amide bonds. The molecule has 0 saturated carbocycles. The van der Waals surface area contributed by atoms with Gasteiger partial charge in [-0.05, 0) is 86.8 Å². The van der Waals surface area contributed by atoms with Crippen molar-refractivity contribution in [1.29, 1.82) is 0 Å². The highest BCUT2D eigenvalue weighted by Gasteiger charge is 2.51. The fourth-order valence-electron chi connectivity index (χ4n) is 9.18. The Kier molecular flexibility index (Phi) is 7.11. The van der Waals surface area contributed by atoms with Gasteiger partial charge in [-0.3, -0.25) is 0 Å². The van der Waals surface area contributed by atoms with E-state index in [2.05, 4.69) is 217 Å². The van der Waals surface area contributed by atoms with Crippen molar-refractivity contribution in [3.05, 3.63) is 235 Å². The summed E-state index contributed by atoms with van der Waals surface area (Å²) in [5.41, 5.74) is 14.9. The second kappa shape index (κ2) is 12.5. The van der Waals surface area contributed by atoms with Gasteiger partial charge in [0.05, 0.1) is 16.8 Å². The predicted molar refractivity (Wildman–Crippen MR) is 227 cm³/mol. The number of hydrogen-bond acceptors (Lipinski definition) is 2. The van der Waals surface area contributed by atoms with Gasteiger partial charge in [0.2, 0.25) is 0 Å². The van der Waals surface area contributed by atoms with Crippen LogP contribution in [0.2, 0.25) is 0 Å². The van der Waals surface area contributed by atoms with Crippen molar-refractivity contribution in [2.45, 2.75) is 5.41 Å². The zero-order valence-corrected chi connectivity index (χ0v) is 30.1. The molecule has 9 aromatic carbocycles. The van der Waals surface area contributed by atoms with Crippen molar-refractivity contribution in [3.8, 4) is 44.9 Å². The highest BCUT2D eigenvalue weighted by molar-refractivity contribution is 6.01. The van der Waals surface area contributed by atoms with Crippen LogP contribution in [-0.4, -0.2) is 0 Å². The smallest absolute Gasteiger partial charge is 0.132 e. The minimum absolute atomic E-state index is 0.537. The van der Waals surface area contributed by atoms with E-state index in [4.69, 9.17) is 4.74 Å². The summed E-state index contributed by atoms with van der Waals surface area (Å²) in [4.78, 5) is 2.42. The molecule has 0 atom stereocenters. The number of ether oxygens (including phenoxy) is 1. The van der Waals surface area contributed by atoms with E-state index in [1.165, 1.54) is 49.7 Å². The molecule has 1 spiro atoms. The van der Waals surface area contributed by atoms with E-state index < -0.39 is 5.41 Å². The summed E-state index contributed by atoms with van der Waals surface area (Å²) >= 11 is 0. The van der Waals surface area contributed by atoms with E-state index in [1.807, 2.05) is 0 Å². The van der Waals surface area contributed by atoms with Gasteiger partial charge in [-0.25, -0.2) is 0 Å². The number of para-hydroxylation sites is 2. The van der Waals surface area contributed by atoms with Crippen LogP contribution >= 0.6 is 0 Å². The average Bonchev–Trinajstić information content (AvgIpc) is 3.55. The zero-order valence-electron chi connectivity index (χ0n) is 30.1. The molecule has 55 heavy (non-hydrogen) atoms. The molecule has 258 valence electrons. The Balaban J connectivity index is 1.14. The Morgan fingerprint density at radius 1 is 0.345 bits per heavy atom. The summed E-state index contributed by atoms with van der Waals surface area (Å²) in [6.45, 7) is 0. The SMILES string of the molecule is c1ccc(-c2ccc(N(c3ccccc3-c3ccc4c(c3)C3(c5ccccc5O4)c4ccccc4-c4ccccc43)c3cccc4ccccc34)cc2)cc1. The van der Waals surface area contributed by atoms with Crippen LogP contribution < -0.4 is 9.64 Å². The van der Waals surface area contributed by atoms with Crippen LogP contribution in [0.15, 0.2) is 212 Å². The van der Waals surface area contributed by atoms with E-state index in [0.29, 0.717) is 0 Å². The first-order valence-electron chi connectivity index (χ1n) is 18.9. The lowest BCUT2D eigenvalue weighted by atomic mass is 9.66. The number of nitrogens with zero attached hydrogens (tertiary/aromatic N) is 1. The number of fused-ring (bicyclic) bond motifs is 10. The molecule has 0 bridgehead atoms. The minimum Gasteiger partial charge on any atom is -0.457 e. The first-order chi connectivity index (χ1) is 27.3. The maximum atomic E-state index is 6.79. The highest BCUT2D eigenvalue weighted by Crippen LogP contribution is 2.62. The van der Waals surface area contributed by atoms with Gasteiger partial charge in [0, 0.05) is 27.8 Å². The summed E-state index contributed by atoms with van der Waals surface area (Å²) in [5, 5.41) is 2.40. The molecular weight excluding hydrogens is 667 g/mol. The summed E-state index contributed by atoms with van der Waals surface area (Å²) in [7, 11) is 0. The third-order valence-electron chi connectivity index (χ3n) is 11.5. The second-order valence-corrected chi connectivity index (χ2v) is 14.4. The van der Waals surface area contributed by atoms with E-state index >= 15 is 0 Å². The molecule has 0 radical (unpaired) electrons. The number of benzene rings is 9. The van der Waals surface area contributed by atoms with Crippen molar-refractivity contribution in [1.82, 2.24) is 0 Å². The molecule has 0 aromatic heterocycles. The summed E-state index contributed by atoms with van der Waals surface area (Å²) in [6, 6.07) is 76.8. The van der Waals surface area contributed by atoms with Crippen LogP contribution in [0.25, 0.3) is 44.2 Å². The van der Waals surface area contributed by atoms with Gasteiger partial charge in [-0.1, -0.05) is 170 Å². The van der Waals surface area contributed by atoms with Gasteiger partial charge in [0.15, 0.2) is 0 Å². The lowest BCUT2D eigenvalue weighted by Gasteiger charge is -2.39. The Morgan fingerprint density at radius 2 is 0.891 bits per heavy atom. The van der Waals surface area contributed by atoms with Gasteiger partial charge < -0.3 is 9.64 Å². The van der Waals surface area contributed by atoms with Crippen LogP contribution in [-0.2, 0) is 5.41 Å². The van der Waals surface area contributed by atoms with Crippen LogP contribution in [0.5, 0.6) is 11.5 Å². The van der Waals surface area contributed by atoms with Gasteiger partial charge >= 0.3 is 0 Å². The Morgan fingerprint density at radius 3 is 1.67 bits per heavy atom. The molecule has 0 N–H and O–H groups in total. The number of anilines is 3. The fourth-order valence-corrected chi connectivity index (χ4v) is 9.18. The highest BCUT2D eigenvalue weighted by atomic mass is 16.5. The van der Waals surface area contributed by atoms with E-state index in [0.717, 1.165) is 45.3 Å². The van der Waals surface area contributed by atoms with E-state index in [1.54, 1.807) is 0 Å². The average molecular weight is 702 g/mol. The van der Waals surface area contributed by atoms with Gasteiger partial charge in [-0.2, -0.15) is 0 Å². The topological polar surface area (TPSA) is 12.5 Å². The lowest BCUT2D eigenvalue weighted by molar-refractivity contribution is 0.436. The third-order valence-corrected chi connectivity index (χ3v) is 11.5. The van der Waals surface area contributed by atoms with Gasteiger partial charge in [0.25, 0.3) is 0 Å². The molecule has 2 aliphatic rings. The van der Waals surface area contributed by atoms with Gasteiger partial charge in [-0.15, -0.1) is 0 Å². The predicted octanol–water partition coefficient (Wildman–Crippen LogP) is 14.1. The number of rotatable bonds is 5. The first-order valence-corrected chi connectivity index (χ1v) is 18.9. The quantitative estimate of drug-likeness (QED) is 0.177. The van der Waals surface area contributed by atoms with Crippen LogP contribution in [0.1, 0.15) is 22.3 Å². The summed E-state index contributed by atoms with van der Waals surface area (Å²) in [6.07, 6.45) is 0. The van der Waals surface area contributed by atoms with Crippen LogP contribution in [0, 0.1) is 0 Å². The monoisotopic (exact) mass is 701 g/mol. The number of hydrogen-bond donors (Lipinski definition) is 0. The fraction of sp³-hybridized carbons (Fsp3) is 0.0189. The normalized spacial score (nSPS) is 13.0. The van der Waals surface area contributed by atoms with Crippen molar-refractivity contribution in [2.24, 2.45) is 0 Å². The standard InChI is InChI=1S/C53H35NO/c1-2-15-36(16-3-1)37-29-32-40(33-30-37)54(50-27-14-18-38-17-4-5-19-41(38)50)49-26-12-8-20-42(49)39-31-34-52-48(35-39)53(47-25-11-13-28-51(47)55-52)45-23-9-6-21-43(45)44-22-7-10-24-46(44)53/h1-35H. The maximum absolute atomic E-state index is 6.79. The summed E-state index contributed by atoms with van der Waals surface area (Å²) in [5.74, 6) is 1.78. The van der Waals surface area contributed by atoms with Crippen LogP contribution in [0.3, 0.4) is 0 Å². The Labute approximate surface area is 321 Å². The van der Waals surface area contributed by atoms with Crippen molar-refractivity contribution >= 4 is 27.8 Å². The zero-order chi connectivity index (χ0) is 36.3. The van der Waals surface area contributed by atoms with E-state index in [9.17, 15) is 0 Å². The molecule has 2 nitrogen and oxygen atoms in total. The molecule has 1 heterocycles. The van der Waals surface area contributed by atoms with Crippen molar-refractivity contribution < 1.29 is 4.74 Å². The maximum Gasteiger partial charge on any atom is 0.132 e. The molecule has 0 saturated heterocycles. The summed E-state index contributed by atoms with van der Waals surface area (Å²) < 4.78 is 6.79. The molecule has 9 aromatic rings. The first kappa shape index (κ1) is 31.4. The second-order valence-electron chi connectivity index (χ2n) is 14.4. The minimum atomic E-state index is -0.537. The van der Waals surface area contributed by atoms with Crippen molar-refractivity contribution in [3.63, 3.8) is 0 Å². The van der Waals surface area contributed by atoms with Gasteiger partial charge in [0.1, 0.15) is 11.5 Å². The van der Waals surface area contributed by atoms with Crippen molar-refractivity contribution in [2.75, 3.05) is 4.90 Å². The Bertz CT molecular complexity index is 2860. The van der Waals surface area contributed by atoms with Crippen LogP contribution in [0.4, 0.5) is 17.1 Å². The molecule has 0 unspecified atom stereocenters. The lowest BCUT2D eigenvalue weighted by Crippen LogP contribution is -2.32.